The third kappa shape index (κ3) is 7.39. The molecule has 40 heavy (non-hydrogen) atoms. The quantitative estimate of drug-likeness (QED) is 0.198. The van der Waals surface area contributed by atoms with E-state index in [2.05, 4.69) is 20.8 Å². The second-order valence-corrected chi connectivity index (χ2v) is 13.7. The fourth-order valence-electron chi connectivity index (χ4n) is 7.98. The van der Waals surface area contributed by atoms with E-state index in [4.69, 9.17) is 18.9 Å². The van der Waals surface area contributed by atoms with Crippen molar-refractivity contribution in [3.63, 3.8) is 0 Å². The number of hydrogen-bond acceptors (Lipinski definition) is 8. The van der Waals surface area contributed by atoms with Crippen LogP contribution >= 0.6 is 0 Å². The van der Waals surface area contributed by atoms with Gasteiger partial charge >= 0.3 is 17.9 Å². The summed E-state index contributed by atoms with van der Waals surface area (Å²) in [6.07, 6.45) is 6.19. The Morgan fingerprint density at radius 2 is 1.52 bits per heavy atom. The second-order valence-electron chi connectivity index (χ2n) is 13.7. The minimum atomic E-state index is -1.38. The smallest absolute Gasteiger partial charge is 0.306 e. The Labute approximate surface area is 241 Å². The van der Waals surface area contributed by atoms with E-state index in [1.165, 1.54) is 13.8 Å². The maximum atomic E-state index is 12.9. The lowest BCUT2D eigenvalue weighted by Gasteiger charge is -2.51. The first-order chi connectivity index (χ1) is 18.6. The molecule has 1 N–H and O–H groups in total. The van der Waals surface area contributed by atoms with E-state index in [0.29, 0.717) is 31.6 Å². The summed E-state index contributed by atoms with van der Waals surface area (Å²) in [6.45, 7) is 15.0. The standard InChI is InChI=1S/C32H54O8/c1-9-10-11-12-13-14-26(35)38-25-16-18-32(8,40-22(5)34)29-27-23(20(2)3)15-17-31(7,39-21(4)33)28(27)24(37-29)19-30(25,6)36/h20,23-25,27-29,36H,9-19H2,1-8H3/t23-,24+,25+,27-,28-,29+,30+,31-,32-/m0/s1. The van der Waals surface area contributed by atoms with Gasteiger partial charge in [0, 0.05) is 38.5 Å². The molecule has 3 fully saturated rings. The fourth-order valence-corrected chi connectivity index (χ4v) is 7.98. The Balaban J connectivity index is 1.97. The molecule has 1 aliphatic carbocycles. The van der Waals surface area contributed by atoms with Gasteiger partial charge in [0.05, 0.1) is 6.10 Å². The van der Waals surface area contributed by atoms with Crippen LogP contribution in [0.5, 0.6) is 0 Å². The zero-order valence-electron chi connectivity index (χ0n) is 26.1. The van der Waals surface area contributed by atoms with Gasteiger partial charge in [-0.05, 0) is 64.7 Å². The summed E-state index contributed by atoms with van der Waals surface area (Å²) >= 11 is 0. The maximum absolute atomic E-state index is 12.9. The molecule has 0 aromatic carbocycles. The number of hydrogen-bond donors (Lipinski definition) is 1. The second kappa shape index (κ2) is 13.1. The highest BCUT2D eigenvalue weighted by Gasteiger charge is 2.65. The molecule has 3 aliphatic rings. The minimum absolute atomic E-state index is 0.0366. The summed E-state index contributed by atoms with van der Waals surface area (Å²) in [5, 5.41) is 11.9. The van der Waals surface area contributed by atoms with Crippen LogP contribution in [0.25, 0.3) is 0 Å². The lowest BCUT2D eigenvalue weighted by atomic mass is 9.57. The Bertz CT molecular complexity index is 899. The Hall–Kier alpha value is -1.67. The van der Waals surface area contributed by atoms with Gasteiger partial charge < -0.3 is 24.1 Å². The molecule has 2 bridgehead atoms. The molecule has 1 saturated carbocycles. The van der Waals surface area contributed by atoms with Crippen LogP contribution in [0.1, 0.15) is 126 Å². The lowest BCUT2D eigenvalue weighted by Crippen LogP contribution is -2.58. The van der Waals surface area contributed by atoms with E-state index in [-0.39, 0.29) is 36.1 Å². The van der Waals surface area contributed by atoms with Gasteiger partial charge in [0.1, 0.15) is 29.0 Å². The lowest BCUT2D eigenvalue weighted by molar-refractivity contribution is -0.185. The van der Waals surface area contributed by atoms with Crippen LogP contribution in [0.3, 0.4) is 0 Å². The topological polar surface area (TPSA) is 108 Å². The normalized spacial score (nSPS) is 39.5. The highest BCUT2D eigenvalue weighted by Crippen LogP contribution is 2.58. The molecule has 0 radical (unpaired) electrons. The van der Waals surface area contributed by atoms with Crippen LogP contribution in [0.2, 0.25) is 0 Å². The van der Waals surface area contributed by atoms with E-state index in [1.54, 1.807) is 6.92 Å². The van der Waals surface area contributed by atoms with Crippen molar-refractivity contribution in [3.05, 3.63) is 0 Å². The van der Waals surface area contributed by atoms with E-state index < -0.39 is 41.1 Å². The number of carbonyl (C=O) groups is 3. The van der Waals surface area contributed by atoms with Gasteiger partial charge in [0.2, 0.25) is 0 Å². The van der Waals surface area contributed by atoms with Crippen molar-refractivity contribution in [2.24, 2.45) is 23.7 Å². The summed E-state index contributed by atoms with van der Waals surface area (Å²) in [7, 11) is 0. The average molecular weight is 567 g/mol. The number of esters is 3. The van der Waals surface area contributed by atoms with E-state index in [1.807, 2.05) is 13.8 Å². The van der Waals surface area contributed by atoms with Crippen LogP contribution in [0.15, 0.2) is 0 Å². The van der Waals surface area contributed by atoms with Crippen molar-refractivity contribution in [2.75, 3.05) is 0 Å². The molecule has 2 aliphatic heterocycles. The van der Waals surface area contributed by atoms with Crippen LogP contribution in [0.4, 0.5) is 0 Å². The van der Waals surface area contributed by atoms with Gasteiger partial charge in [-0.15, -0.1) is 0 Å². The van der Waals surface area contributed by atoms with E-state index >= 15 is 0 Å². The number of unbranched alkanes of at least 4 members (excludes halogenated alkanes) is 4. The number of fused-ring (bicyclic) bond motifs is 5. The molecule has 0 amide bonds. The van der Waals surface area contributed by atoms with Crippen LogP contribution in [-0.4, -0.2) is 58.1 Å². The summed E-state index contributed by atoms with van der Waals surface area (Å²) in [5.74, 6) is -0.709. The van der Waals surface area contributed by atoms with Crippen molar-refractivity contribution in [3.8, 4) is 0 Å². The Morgan fingerprint density at radius 3 is 2.12 bits per heavy atom. The van der Waals surface area contributed by atoms with Gasteiger partial charge in [-0.2, -0.15) is 0 Å². The first-order valence-electron chi connectivity index (χ1n) is 15.6. The van der Waals surface area contributed by atoms with Crippen LogP contribution < -0.4 is 0 Å². The average Bonchev–Trinajstić information content (AvgIpc) is 3.21. The molecule has 0 spiro atoms. The molecule has 0 aromatic heterocycles. The zero-order valence-corrected chi connectivity index (χ0v) is 26.1. The van der Waals surface area contributed by atoms with Gasteiger partial charge in [0.25, 0.3) is 0 Å². The SMILES string of the molecule is CCCCCCCC(=O)O[C@@H]1CC[C@](C)(OC(C)=O)[C@@H]2O[C@H](C[C@@]1(C)O)[C@H]1[C@@H]2[C@H](C(C)C)CC[C@]1(C)OC(C)=O. The first kappa shape index (κ1) is 32.8. The fraction of sp³-hybridized carbons (Fsp3) is 0.906. The minimum Gasteiger partial charge on any atom is -0.459 e. The monoisotopic (exact) mass is 566 g/mol. The van der Waals surface area contributed by atoms with Crippen molar-refractivity contribution in [2.45, 2.75) is 161 Å². The predicted octanol–water partition coefficient (Wildman–Crippen LogP) is 5.90. The third-order valence-corrected chi connectivity index (χ3v) is 9.84. The molecule has 2 heterocycles. The van der Waals surface area contributed by atoms with Gasteiger partial charge in [-0.1, -0.05) is 46.5 Å². The summed E-state index contributed by atoms with van der Waals surface area (Å²) < 4.78 is 24.9. The summed E-state index contributed by atoms with van der Waals surface area (Å²) in [6, 6.07) is 0. The third-order valence-electron chi connectivity index (χ3n) is 9.84. The number of rotatable bonds is 10. The molecule has 2 saturated heterocycles. The van der Waals surface area contributed by atoms with Gasteiger partial charge in [0.15, 0.2) is 0 Å². The van der Waals surface area contributed by atoms with Crippen molar-refractivity contribution in [1.82, 2.24) is 0 Å². The maximum Gasteiger partial charge on any atom is 0.306 e. The molecule has 3 rings (SSSR count). The van der Waals surface area contributed by atoms with Crippen LogP contribution in [0, 0.1) is 23.7 Å². The van der Waals surface area contributed by atoms with Crippen molar-refractivity contribution >= 4 is 17.9 Å². The highest BCUT2D eigenvalue weighted by atomic mass is 16.6. The summed E-state index contributed by atoms with van der Waals surface area (Å²) in [4.78, 5) is 37.6. The van der Waals surface area contributed by atoms with Crippen LogP contribution in [-0.2, 0) is 33.3 Å². The predicted molar refractivity (Wildman–Crippen MR) is 151 cm³/mol. The highest BCUT2D eigenvalue weighted by molar-refractivity contribution is 5.69. The van der Waals surface area contributed by atoms with E-state index in [0.717, 1.165) is 38.5 Å². The molecule has 8 nitrogen and oxygen atoms in total. The molecule has 9 atom stereocenters. The van der Waals surface area contributed by atoms with E-state index in [9.17, 15) is 19.5 Å². The molecule has 8 heteroatoms. The number of carbonyl (C=O) groups excluding carboxylic acids is 3. The molecular formula is C32H54O8. The largest absolute Gasteiger partial charge is 0.459 e. The van der Waals surface area contributed by atoms with Gasteiger partial charge in [-0.3, -0.25) is 14.4 Å². The number of aliphatic hydroxyl groups is 1. The Kier molecular flexibility index (Phi) is 10.8. The first-order valence-corrected chi connectivity index (χ1v) is 15.6. The molecule has 0 aromatic rings. The molecular weight excluding hydrogens is 512 g/mol. The summed E-state index contributed by atoms with van der Waals surface area (Å²) in [5.41, 5.74) is -3.18. The zero-order chi connectivity index (χ0) is 29.9. The Morgan fingerprint density at radius 1 is 0.925 bits per heavy atom. The number of ether oxygens (including phenoxy) is 4. The van der Waals surface area contributed by atoms with Crippen molar-refractivity contribution < 1.29 is 38.4 Å². The molecule has 0 unspecified atom stereocenters. The molecule has 230 valence electrons. The van der Waals surface area contributed by atoms with Gasteiger partial charge in [-0.25, -0.2) is 0 Å². The van der Waals surface area contributed by atoms with Crippen molar-refractivity contribution in [1.29, 1.82) is 0 Å².